The molecule has 18 heteroatoms. The fourth-order valence-corrected chi connectivity index (χ4v) is 2.48. The third kappa shape index (κ3) is 38.7. The first kappa shape index (κ1) is 45.6. The van der Waals surface area contributed by atoms with Crippen LogP contribution >= 0.6 is 0 Å². The van der Waals surface area contributed by atoms with Gasteiger partial charge in [-0.05, 0) is 78.4 Å². The Labute approximate surface area is 258 Å². The van der Waals surface area contributed by atoms with Crippen molar-refractivity contribution in [2.24, 2.45) is 9.98 Å². The van der Waals surface area contributed by atoms with Crippen molar-refractivity contribution < 1.29 is 56.2 Å². The van der Waals surface area contributed by atoms with Crippen LogP contribution in [0.5, 0.6) is 11.5 Å². The molecule has 2 aromatic carbocycles. The molecule has 0 saturated heterocycles. The van der Waals surface area contributed by atoms with Gasteiger partial charge in [0.15, 0.2) is 0 Å². The Morgan fingerprint density at radius 1 is 0.690 bits per heavy atom. The van der Waals surface area contributed by atoms with Crippen LogP contribution in [0, 0.1) is 10.2 Å². The fraction of sp³-hybridized carbons (Fsp3) is 0.417. The molecule has 0 radical (unpaired) electrons. The number of hydrogen-bond donors (Lipinski definition) is 2. The second kappa shape index (κ2) is 30.5. The number of nitrogens with zero attached hydrogens (tertiary/aromatic N) is 10. The van der Waals surface area contributed by atoms with E-state index in [2.05, 4.69) is 19.8 Å². The van der Waals surface area contributed by atoms with Crippen molar-refractivity contribution in [3.63, 3.8) is 0 Å². The number of aliphatic imine (C=N–C) groups is 2. The van der Waals surface area contributed by atoms with E-state index in [0.29, 0.717) is 0 Å². The van der Waals surface area contributed by atoms with E-state index in [4.69, 9.17) is 40.8 Å². The molecule has 0 saturated carbocycles. The number of para-hydroxylation sites is 2. The normalized spacial score (nSPS) is 9.95. The van der Waals surface area contributed by atoms with Gasteiger partial charge in [-0.1, -0.05) is 24.3 Å². The first-order valence-electron chi connectivity index (χ1n) is 11.7. The van der Waals surface area contributed by atoms with E-state index in [0.717, 1.165) is 50.1 Å². The van der Waals surface area contributed by atoms with Gasteiger partial charge in [0, 0.05) is 36.6 Å². The Morgan fingerprint density at radius 3 is 1.19 bits per heavy atom. The van der Waals surface area contributed by atoms with E-state index >= 15 is 0 Å². The number of halogens is 1. The van der Waals surface area contributed by atoms with Gasteiger partial charge in [0.25, 0.3) is 0 Å². The summed E-state index contributed by atoms with van der Waals surface area (Å²) in [6.07, 6.45) is 5.53. The number of benzene rings is 2. The first-order chi connectivity index (χ1) is 19.2. The summed E-state index contributed by atoms with van der Waals surface area (Å²) in [4.78, 5) is 15.8. The van der Waals surface area contributed by atoms with E-state index < -0.39 is 10.2 Å². The SMILES string of the molecule is CN(C)CCCN=Cc1ccccc1O.CN(C)CCCN=Cc1ccccc1O.[Mn+3].[N-]=[N+]=[N-].[N-]=[N+]=[N-].[O-][Cl+3]([O-])([O-])[O-]. The molecule has 0 amide bonds. The van der Waals surface area contributed by atoms with Crippen molar-refractivity contribution in [2.75, 3.05) is 54.4 Å². The molecule has 0 aliphatic heterocycles. The van der Waals surface area contributed by atoms with Crippen LogP contribution in [0.1, 0.15) is 24.0 Å². The van der Waals surface area contributed by atoms with Crippen LogP contribution in [0.2, 0.25) is 0 Å². The van der Waals surface area contributed by atoms with Crippen LogP contribution in [-0.4, -0.2) is 86.8 Å². The van der Waals surface area contributed by atoms with Crippen LogP contribution in [0.3, 0.4) is 0 Å². The van der Waals surface area contributed by atoms with Gasteiger partial charge in [-0.3, -0.25) is 19.8 Å². The number of rotatable bonds is 10. The van der Waals surface area contributed by atoms with Gasteiger partial charge in [0.1, 0.15) is 11.5 Å². The van der Waals surface area contributed by atoms with Crippen LogP contribution in [-0.2, 0) is 17.1 Å². The maximum absolute atomic E-state index is 9.46. The Bertz CT molecular complexity index is 977. The van der Waals surface area contributed by atoms with Crippen molar-refractivity contribution in [3.8, 4) is 11.5 Å². The molecule has 0 spiro atoms. The van der Waals surface area contributed by atoms with Crippen molar-refractivity contribution >= 4 is 12.4 Å². The van der Waals surface area contributed by atoms with Crippen LogP contribution in [0.4, 0.5) is 0 Å². The average molecular weight is 651 g/mol. The van der Waals surface area contributed by atoms with Gasteiger partial charge in [-0.15, -0.1) is 10.2 Å². The summed E-state index contributed by atoms with van der Waals surface area (Å²) in [6.45, 7) is 3.68. The minimum absolute atomic E-state index is 0. The summed E-state index contributed by atoms with van der Waals surface area (Å²) in [6, 6.07) is 14.4. The molecule has 0 heterocycles. The third-order valence-corrected chi connectivity index (χ3v) is 4.12. The Hall–Kier alpha value is -3.43. The molecule has 16 nitrogen and oxygen atoms in total. The molecule has 0 aromatic heterocycles. The number of aromatic hydroxyl groups is 2. The van der Waals surface area contributed by atoms with Gasteiger partial charge in [-0.25, -0.2) is 18.6 Å². The molecule has 0 fully saturated rings. The maximum atomic E-state index is 9.46. The standard InChI is InChI=1S/2C12H18N2O.ClHO4.Mn.2N3/c2*1-14(2)9-5-8-13-10-11-6-3-4-7-12(11)15;2-1(3,4)5;;2*1-3-2/h2*3-4,6-7,10,15H,5,8-9H2,1-2H3;(H,2,3,4,5);;;/q;;;+3;2*-1/p-1. The van der Waals surface area contributed by atoms with Crippen LogP contribution < -0.4 is 18.6 Å². The predicted molar refractivity (Wildman–Crippen MR) is 148 cm³/mol. The zero-order chi connectivity index (χ0) is 32.1. The second-order valence-electron chi connectivity index (χ2n) is 8.06. The van der Waals surface area contributed by atoms with Gasteiger partial charge in [-0.2, -0.15) is 0 Å². The molecule has 0 aliphatic carbocycles. The average Bonchev–Trinajstić information content (AvgIpc) is 2.86. The monoisotopic (exact) mass is 650 g/mol. The Morgan fingerprint density at radius 2 is 0.952 bits per heavy atom. The van der Waals surface area contributed by atoms with Gasteiger partial charge >= 0.3 is 17.1 Å². The predicted octanol–water partition coefficient (Wildman–Crippen LogP) is 0.499. The van der Waals surface area contributed by atoms with Crippen molar-refractivity contribution in [2.45, 2.75) is 12.8 Å². The molecular weight excluding hydrogens is 615 g/mol. The molecule has 2 N–H and O–H groups in total. The summed E-state index contributed by atoms with van der Waals surface area (Å²) in [5.41, 5.74) is 28.6. The van der Waals surface area contributed by atoms with Crippen LogP contribution in [0.25, 0.3) is 31.9 Å². The van der Waals surface area contributed by atoms with E-state index in [1.54, 1.807) is 36.7 Å². The summed E-state index contributed by atoms with van der Waals surface area (Å²) >= 11 is 0. The quantitative estimate of drug-likeness (QED) is 0.0909. The summed E-state index contributed by atoms with van der Waals surface area (Å²) in [5.74, 6) is 0.572. The Kier molecular flexibility index (Phi) is 33.1. The zero-order valence-electron chi connectivity index (χ0n) is 23.8. The Balaban J connectivity index is -0.000000251. The molecule has 2 aromatic rings. The smallest absolute Gasteiger partial charge is 0.507 e. The molecule has 2 rings (SSSR count). The minimum atomic E-state index is -4.94. The minimum Gasteiger partial charge on any atom is -0.507 e. The third-order valence-electron chi connectivity index (χ3n) is 4.12. The number of phenolic OH excluding ortho intramolecular Hbond substituents is 2. The largest absolute Gasteiger partial charge is 3.00 e. The number of hydrogen-bond acceptors (Lipinski definition) is 10. The van der Waals surface area contributed by atoms with Crippen LogP contribution in [0.15, 0.2) is 58.5 Å². The maximum Gasteiger partial charge on any atom is 3.00 e. The molecule has 0 aliphatic rings. The van der Waals surface area contributed by atoms with E-state index in [1.165, 1.54) is 9.82 Å². The number of phenols is 2. The summed E-state index contributed by atoms with van der Waals surface area (Å²) in [5, 5.41) is 18.9. The topological polar surface area (TPSA) is 281 Å². The molecule has 0 unspecified atom stereocenters. The molecular formula is C24H36ClMnN10O6. The van der Waals surface area contributed by atoms with Gasteiger partial charge in [0.05, 0.1) is 0 Å². The van der Waals surface area contributed by atoms with E-state index in [-0.39, 0.29) is 28.6 Å². The van der Waals surface area contributed by atoms with Gasteiger partial charge in [0.2, 0.25) is 0 Å². The molecule has 232 valence electrons. The first-order valence-corrected chi connectivity index (χ1v) is 12.9. The van der Waals surface area contributed by atoms with E-state index in [9.17, 15) is 10.2 Å². The molecule has 42 heavy (non-hydrogen) atoms. The summed E-state index contributed by atoms with van der Waals surface area (Å²) in [7, 11) is 3.25. The van der Waals surface area contributed by atoms with Gasteiger partial charge < -0.3 is 42.1 Å². The molecule has 0 atom stereocenters. The van der Waals surface area contributed by atoms with Crippen molar-refractivity contribution in [1.82, 2.24) is 9.80 Å². The molecule has 0 bridgehead atoms. The van der Waals surface area contributed by atoms with Crippen molar-refractivity contribution in [3.05, 3.63) is 91.6 Å². The summed E-state index contributed by atoms with van der Waals surface area (Å²) < 4.78 is 34.0. The zero-order valence-corrected chi connectivity index (χ0v) is 25.7. The van der Waals surface area contributed by atoms with E-state index in [1.807, 2.05) is 52.5 Å². The second-order valence-corrected chi connectivity index (χ2v) is 8.81. The van der Waals surface area contributed by atoms with Crippen molar-refractivity contribution in [1.29, 1.82) is 0 Å². The fourth-order valence-electron chi connectivity index (χ4n) is 2.48.